The van der Waals surface area contributed by atoms with Crippen LogP contribution in [-0.2, 0) is 11.3 Å². The summed E-state index contributed by atoms with van der Waals surface area (Å²) in [5.41, 5.74) is 0. The summed E-state index contributed by atoms with van der Waals surface area (Å²) in [7, 11) is 0. The molecule has 0 aromatic carbocycles. The Morgan fingerprint density at radius 3 is 2.95 bits per heavy atom. The number of rotatable bonds is 10. The van der Waals surface area contributed by atoms with Crippen molar-refractivity contribution in [3.63, 3.8) is 0 Å². The number of aliphatic hydroxyl groups is 1. The van der Waals surface area contributed by atoms with Crippen LogP contribution in [0.4, 0.5) is 0 Å². The summed E-state index contributed by atoms with van der Waals surface area (Å²) in [6, 6.07) is 3.99. The minimum Gasteiger partial charge on any atom is -0.465 e. The Morgan fingerprint density at radius 2 is 2.35 bits per heavy atom. The zero-order valence-corrected chi connectivity index (χ0v) is 12.3. The van der Waals surface area contributed by atoms with Gasteiger partial charge in [-0.1, -0.05) is 6.08 Å². The second-order valence-corrected chi connectivity index (χ2v) is 5.63. The number of aryl methyl sites for hydroxylation is 1. The van der Waals surface area contributed by atoms with Gasteiger partial charge in [-0.2, -0.15) is 0 Å². The van der Waals surface area contributed by atoms with Crippen LogP contribution < -0.4 is 0 Å². The van der Waals surface area contributed by atoms with Crippen LogP contribution in [0.5, 0.6) is 0 Å². The lowest BCUT2D eigenvalue weighted by atomic mass is 10.2. The predicted molar refractivity (Wildman–Crippen MR) is 78.5 cm³/mol. The van der Waals surface area contributed by atoms with E-state index in [2.05, 4.69) is 11.5 Å². The summed E-state index contributed by atoms with van der Waals surface area (Å²) in [5, 5.41) is 10.0. The molecule has 112 valence electrons. The van der Waals surface area contributed by atoms with E-state index < -0.39 is 6.10 Å². The molecule has 0 saturated heterocycles. The van der Waals surface area contributed by atoms with Gasteiger partial charge in [-0.3, -0.25) is 4.90 Å². The van der Waals surface area contributed by atoms with Gasteiger partial charge in [0, 0.05) is 13.1 Å². The molecule has 1 heterocycles. The van der Waals surface area contributed by atoms with E-state index in [4.69, 9.17) is 9.15 Å². The molecule has 1 aliphatic carbocycles. The quantitative estimate of drug-likeness (QED) is 0.527. The van der Waals surface area contributed by atoms with E-state index in [1.165, 1.54) is 12.8 Å². The molecule has 1 fully saturated rings. The zero-order valence-electron chi connectivity index (χ0n) is 12.3. The van der Waals surface area contributed by atoms with Gasteiger partial charge in [0.1, 0.15) is 11.5 Å². The molecule has 0 radical (unpaired) electrons. The fourth-order valence-corrected chi connectivity index (χ4v) is 2.30. The highest BCUT2D eigenvalue weighted by Gasteiger charge is 2.25. The first-order chi connectivity index (χ1) is 9.67. The van der Waals surface area contributed by atoms with Crippen molar-refractivity contribution in [2.45, 2.75) is 32.4 Å². The standard InChI is InChI=1S/C16H25NO3/c1-3-8-19-12-15(18)10-17(9-14-5-6-14)11-16-7-4-13(2)20-16/h3-4,7,14-15,18H,1,5-6,8-12H2,2H3. The first-order valence-corrected chi connectivity index (χ1v) is 7.31. The molecule has 1 N–H and O–H groups in total. The van der Waals surface area contributed by atoms with E-state index >= 15 is 0 Å². The first kappa shape index (κ1) is 15.3. The molecule has 20 heavy (non-hydrogen) atoms. The summed E-state index contributed by atoms with van der Waals surface area (Å²) >= 11 is 0. The fourth-order valence-electron chi connectivity index (χ4n) is 2.30. The van der Waals surface area contributed by atoms with Gasteiger partial charge in [-0.15, -0.1) is 6.58 Å². The number of aliphatic hydroxyl groups excluding tert-OH is 1. The average molecular weight is 279 g/mol. The molecule has 0 spiro atoms. The highest BCUT2D eigenvalue weighted by Crippen LogP contribution is 2.30. The zero-order chi connectivity index (χ0) is 14.4. The molecule has 2 rings (SSSR count). The van der Waals surface area contributed by atoms with Crippen molar-refractivity contribution in [2.24, 2.45) is 5.92 Å². The van der Waals surface area contributed by atoms with Crippen molar-refractivity contribution in [3.05, 3.63) is 36.3 Å². The Morgan fingerprint density at radius 1 is 1.55 bits per heavy atom. The van der Waals surface area contributed by atoms with Crippen LogP contribution >= 0.6 is 0 Å². The second-order valence-electron chi connectivity index (χ2n) is 5.63. The maximum absolute atomic E-state index is 10.0. The van der Waals surface area contributed by atoms with Gasteiger partial charge in [0.2, 0.25) is 0 Å². The summed E-state index contributed by atoms with van der Waals surface area (Å²) in [6.45, 7) is 8.78. The van der Waals surface area contributed by atoms with Crippen molar-refractivity contribution in [2.75, 3.05) is 26.3 Å². The van der Waals surface area contributed by atoms with E-state index in [1.807, 2.05) is 19.1 Å². The van der Waals surface area contributed by atoms with Crippen LogP contribution in [0.2, 0.25) is 0 Å². The van der Waals surface area contributed by atoms with Crippen molar-refractivity contribution in [1.82, 2.24) is 4.90 Å². The summed E-state index contributed by atoms with van der Waals surface area (Å²) < 4.78 is 10.9. The van der Waals surface area contributed by atoms with E-state index in [9.17, 15) is 5.11 Å². The molecule has 1 saturated carbocycles. The molecular weight excluding hydrogens is 254 g/mol. The predicted octanol–water partition coefficient (Wildman–Crippen LogP) is 2.36. The Labute approximate surface area is 121 Å². The molecule has 1 unspecified atom stereocenters. The smallest absolute Gasteiger partial charge is 0.118 e. The normalized spacial score (nSPS) is 16.6. The van der Waals surface area contributed by atoms with Gasteiger partial charge < -0.3 is 14.3 Å². The maximum Gasteiger partial charge on any atom is 0.118 e. The van der Waals surface area contributed by atoms with E-state index in [0.29, 0.717) is 19.8 Å². The van der Waals surface area contributed by atoms with Crippen LogP contribution in [0, 0.1) is 12.8 Å². The molecule has 0 aliphatic heterocycles. The molecule has 1 aromatic rings. The van der Waals surface area contributed by atoms with Gasteiger partial charge in [0.05, 0.1) is 25.9 Å². The molecule has 1 atom stereocenters. The van der Waals surface area contributed by atoms with Crippen LogP contribution in [-0.4, -0.2) is 42.4 Å². The molecule has 0 bridgehead atoms. The fraction of sp³-hybridized carbons (Fsp3) is 0.625. The SMILES string of the molecule is C=CCOCC(O)CN(Cc1ccc(C)o1)CC1CC1. The number of furan rings is 1. The molecule has 4 heteroatoms. The van der Waals surface area contributed by atoms with E-state index in [0.717, 1.165) is 30.5 Å². The van der Waals surface area contributed by atoms with Crippen molar-refractivity contribution >= 4 is 0 Å². The summed E-state index contributed by atoms with van der Waals surface area (Å²) in [5.74, 6) is 2.68. The molecule has 0 amide bonds. The van der Waals surface area contributed by atoms with Crippen LogP contribution in [0.3, 0.4) is 0 Å². The maximum atomic E-state index is 10.0. The average Bonchev–Trinajstić information content (AvgIpc) is 3.11. The topological polar surface area (TPSA) is 45.8 Å². The van der Waals surface area contributed by atoms with Crippen LogP contribution in [0.25, 0.3) is 0 Å². The lowest BCUT2D eigenvalue weighted by molar-refractivity contribution is 0.0224. The van der Waals surface area contributed by atoms with Gasteiger partial charge in [-0.05, 0) is 37.8 Å². The largest absolute Gasteiger partial charge is 0.465 e. The van der Waals surface area contributed by atoms with Crippen LogP contribution in [0.1, 0.15) is 24.4 Å². The van der Waals surface area contributed by atoms with E-state index in [1.54, 1.807) is 6.08 Å². The minimum absolute atomic E-state index is 0.352. The lowest BCUT2D eigenvalue weighted by Crippen LogP contribution is -2.35. The van der Waals surface area contributed by atoms with Gasteiger partial charge in [-0.25, -0.2) is 0 Å². The van der Waals surface area contributed by atoms with Gasteiger partial charge in [0.15, 0.2) is 0 Å². The number of hydrogen-bond donors (Lipinski definition) is 1. The van der Waals surface area contributed by atoms with E-state index in [-0.39, 0.29) is 0 Å². The van der Waals surface area contributed by atoms with Gasteiger partial charge >= 0.3 is 0 Å². The Hall–Kier alpha value is -1.10. The lowest BCUT2D eigenvalue weighted by Gasteiger charge is -2.24. The first-order valence-electron chi connectivity index (χ1n) is 7.31. The van der Waals surface area contributed by atoms with Crippen molar-refractivity contribution in [3.8, 4) is 0 Å². The highest BCUT2D eigenvalue weighted by atomic mass is 16.5. The minimum atomic E-state index is -0.468. The Balaban J connectivity index is 1.81. The number of hydrogen-bond acceptors (Lipinski definition) is 4. The van der Waals surface area contributed by atoms with Crippen molar-refractivity contribution in [1.29, 1.82) is 0 Å². The molecule has 4 nitrogen and oxygen atoms in total. The Bertz CT molecular complexity index is 412. The third-order valence-corrected chi connectivity index (χ3v) is 3.40. The third-order valence-electron chi connectivity index (χ3n) is 3.40. The molecule has 1 aliphatic rings. The second kappa shape index (κ2) is 7.62. The summed E-state index contributed by atoms with van der Waals surface area (Å²) in [4.78, 5) is 2.26. The van der Waals surface area contributed by atoms with Crippen molar-refractivity contribution < 1.29 is 14.3 Å². The van der Waals surface area contributed by atoms with Crippen LogP contribution in [0.15, 0.2) is 29.2 Å². The Kier molecular flexibility index (Phi) is 5.83. The molecule has 1 aromatic heterocycles. The number of ether oxygens (including phenoxy) is 1. The highest BCUT2D eigenvalue weighted by molar-refractivity contribution is 5.05. The monoisotopic (exact) mass is 279 g/mol. The molecular formula is C16H25NO3. The van der Waals surface area contributed by atoms with Gasteiger partial charge in [0.25, 0.3) is 0 Å². The summed E-state index contributed by atoms with van der Waals surface area (Å²) in [6.07, 6.45) is 3.83. The third kappa shape index (κ3) is 5.49. The number of nitrogens with zero attached hydrogens (tertiary/aromatic N) is 1.